The van der Waals surface area contributed by atoms with Gasteiger partial charge in [0, 0.05) is 5.56 Å². The highest BCUT2D eigenvalue weighted by atomic mass is 79.9. The van der Waals surface area contributed by atoms with E-state index in [4.69, 9.17) is 5.11 Å². The van der Waals surface area contributed by atoms with Gasteiger partial charge in [0.15, 0.2) is 0 Å². The van der Waals surface area contributed by atoms with E-state index in [0.29, 0.717) is 12.8 Å². The fraction of sp³-hybridized carbons (Fsp3) is 0.300. The molecule has 0 aliphatic heterocycles. The molecule has 2 rings (SSSR count). The van der Waals surface area contributed by atoms with Crippen LogP contribution in [0.15, 0.2) is 16.6 Å². The molecule has 2 nitrogen and oxygen atoms in total. The highest BCUT2D eigenvalue weighted by molar-refractivity contribution is 9.10. The first-order chi connectivity index (χ1) is 6.99. The molecule has 0 atom stereocenters. The van der Waals surface area contributed by atoms with Crippen molar-refractivity contribution in [3.8, 4) is 0 Å². The van der Waals surface area contributed by atoms with Crippen LogP contribution in [0.3, 0.4) is 0 Å². The Hall–Kier alpha value is -0.970. The second-order valence-corrected chi connectivity index (χ2v) is 4.40. The Bertz CT molecular complexity index is 441. The Morgan fingerprint density at radius 1 is 1.40 bits per heavy atom. The summed E-state index contributed by atoms with van der Waals surface area (Å²) in [5.74, 6) is -2.59. The van der Waals surface area contributed by atoms with E-state index in [1.165, 1.54) is 6.07 Å². The molecule has 1 aromatic carbocycles. The molecule has 0 bridgehead atoms. The van der Waals surface area contributed by atoms with Crippen LogP contribution in [0.1, 0.15) is 18.4 Å². The highest BCUT2D eigenvalue weighted by Gasteiger charge is 2.53. The second kappa shape index (κ2) is 3.27. The minimum Gasteiger partial charge on any atom is -0.481 e. The molecule has 1 N–H and O–H groups in total. The number of hydrogen-bond donors (Lipinski definition) is 1. The normalized spacial score (nSPS) is 17.5. The van der Waals surface area contributed by atoms with E-state index in [-0.39, 0.29) is 10.0 Å². The van der Waals surface area contributed by atoms with E-state index in [1.807, 2.05) is 0 Å². The van der Waals surface area contributed by atoms with Gasteiger partial charge in [0.1, 0.15) is 11.6 Å². The maximum absolute atomic E-state index is 13.6. The third-order valence-electron chi connectivity index (χ3n) is 2.71. The minimum atomic E-state index is -1.14. The lowest BCUT2D eigenvalue weighted by Gasteiger charge is -2.12. The van der Waals surface area contributed by atoms with Gasteiger partial charge in [-0.1, -0.05) is 6.07 Å². The summed E-state index contributed by atoms with van der Waals surface area (Å²) in [4.78, 5) is 11.0. The molecular formula is C10H7BrF2O2. The number of carboxylic acids is 1. The summed E-state index contributed by atoms with van der Waals surface area (Å²) >= 11 is 2.76. The summed E-state index contributed by atoms with van der Waals surface area (Å²) in [5.41, 5.74) is -1.08. The molecule has 5 heteroatoms. The molecule has 1 aliphatic rings. The van der Waals surface area contributed by atoms with Crippen molar-refractivity contribution in [2.75, 3.05) is 0 Å². The zero-order valence-corrected chi connectivity index (χ0v) is 9.14. The van der Waals surface area contributed by atoms with Gasteiger partial charge in [-0.3, -0.25) is 4.79 Å². The summed E-state index contributed by atoms with van der Waals surface area (Å²) < 4.78 is 26.2. The molecule has 0 radical (unpaired) electrons. The van der Waals surface area contributed by atoms with Gasteiger partial charge in [0.2, 0.25) is 0 Å². The second-order valence-electron chi connectivity index (χ2n) is 3.61. The van der Waals surface area contributed by atoms with E-state index in [1.54, 1.807) is 0 Å². The molecule has 0 saturated heterocycles. The van der Waals surface area contributed by atoms with Crippen LogP contribution in [-0.4, -0.2) is 11.1 Å². The fourth-order valence-electron chi connectivity index (χ4n) is 1.62. The first kappa shape index (κ1) is 10.5. The van der Waals surface area contributed by atoms with E-state index in [9.17, 15) is 13.6 Å². The Morgan fingerprint density at radius 3 is 2.47 bits per heavy atom. The summed E-state index contributed by atoms with van der Waals surface area (Å²) in [6.07, 6.45) is 0.800. The summed E-state index contributed by atoms with van der Waals surface area (Å²) in [5, 5.41) is 8.97. The largest absolute Gasteiger partial charge is 0.481 e. The Kier molecular flexibility index (Phi) is 2.30. The summed E-state index contributed by atoms with van der Waals surface area (Å²) in [6.45, 7) is 0. The van der Waals surface area contributed by atoms with Gasteiger partial charge in [-0.05, 0) is 34.8 Å². The van der Waals surface area contributed by atoms with Crippen LogP contribution in [0.5, 0.6) is 0 Å². The highest BCUT2D eigenvalue weighted by Crippen LogP contribution is 2.50. The molecule has 1 saturated carbocycles. The number of carboxylic acid groups (broad SMARTS) is 1. The molecule has 0 amide bonds. The van der Waals surface area contributed by atoms with Gasteiger partial charge >= 0.3 is 5.97 Å². The predicted octanol–water partition coefficient (Wildman–Crippen LogP) is 2.84. The Labute approximate surface area is 93.0 Å². The topological polar surface area (TPSA) is 37.3 Å². The number of benzene rings is 1. The van der Waals surface area contributed by atoms with Gasteiger partial charge in [-0.15, -0.1) is 0 Å². The lowest BCUT2D eigenvalue weighted by atomic mass is 9.95. The summed E-state index contributed by atoms with van der Waals surface area (Å²) in [7, 11) is 0. The van der Waals surface area contributed by atoms with Crippen molar-refractivity contribution in [2.24, 2.45) is 0 Å². The molecule has 0 spiro atoms. The average Bonchev–Trinajstić information content (AvgIpc) is 2.95. The predicted molar refractivity (Wildman–Crippen MR) is 52.6 cm³/mol. The van der Waals surface area contributed by atoms with Crippen molar-refractivity contribution >= 4 is 21.9 Å². The van der Waals surface area contributed by atoms with Crippen molar-refractivity contribution in [3.05, 3.63) is 33.8 Å². The van der Waals surface area contributed by atoms with E-state index in [0.717, 1.165) is 6.07 Å². The molecule has 0 heterocycles. The number of rotatable bonds is 2. The zero-order chi connectivity index (χ0) is 11.2. The van der Waals surface area contributed by atoms with E-state index in [2.05, 4.69) is 15.9 Å². The molecule has 0 unspecified atom stereocenters. The Balaban J connectivity index is 2.55. The first-order valence-electron chi connectivity index (χ1n) is 4.36. The first-order valence-corrected chi connectivity index (χ1v) is 5.16. The van der Waals surface area contributed by atoms with Crippen LogP contribution in [0, 0.1) is 11.6 Å². The van der Waals surface area contributed by atoms with Crippen molar-refractivity contribution in [3.63, 3.8) is 0 Å². The van der Waals surface area contributed by atoms with Crippen molar-refractivity contribution < 1.29 is 18.7 Å². The molecule has 1 aliphatic carbocycles. The van der Waals surface area contributed by atoms with Crippen LogP contribution in [0.25, 0.3) is 0 Å². The molecular weight excluding hydrogens is 270 g/mol. The van der Waals surface area contributed by atoms with Gasteiger partial charge in [0.05, 0.1) is 9.89 Å². The zero-order valence-electron chi connectivity index (χ0n) is 7.56. The quantitative estimate of drug-likeness (QED) is 0.844. The lowest BCUT2D eigenvalue weighted by molar-refractivity contribution is -0.140. The third-order valence-corrected chi connectivity index (χ3v) is 3.44. The van der Waals surface area contributed by atoms with Gasteiger partial charge in [-0.2, -0.15) is 0 Å². The molecule has 0 aromatic heterocycles. The number of halogens is 3. The number of carbonyl (C=O) groups is 1. The van der Waals surface area contributed by atoms with Crippen LogP contribution < -0.4 is 0 Å². The molecule has 80 valence electrons. The maximum atomic E-state index is 13.6. The number of aliphatic carboxylic acids is 1. The standard InChI is InChI=1S/C10H7BrF2O2/c11-7-6(12)2-1-5(8(7)13)10(3-4-10)9(14)15/h1-2H,3-4H2,(H,14,15). The third kappa shape index (κ3) is 1.45. The monoisotopic (exact) mass is 276 g/mol. The van der Waals surface area contributed by atoms with Gasteiger partial charge in [0.25, 0.3) is 0 Å². The van der Waals surface area contributed by atoms with E-state index < -0.39 is 23.0 Å². The lowest BCUT2D eigenvalue weighted by Crippen LogP contribution is -2.21. The van der Waals surface area contributed by atoms with Crippen LogP contribution in [-0.2, 0) is 10.2 Å². The van der Waals surface area contributed by atoms with Crippen molar-refractivity contribution in [1.29, 1.82) is 0 Å². The van der Waals surface area contributed by atoms with Gasteiger partial charge < -0.3 is 5.11 Å². The molecule has 1 aromatic rings. The maximum Gasteiger partial charge on any atom is 0.314 e. The average molecular weight is 277 g/mol. The van der Waals surface area contributed by atoms with E-state index >= 15 is 0 Å². The summed E-state index contributed by atoms with van der Waals surface area (Å²) in [6, 6.07) is 2.28. The molecule has 15 heavy (non-hydrogen) atoms. The smallest absolute Gasteiger partial charge is 0.314 e. The fourth-order valence-corrected chi connectivity index (χ4v) is 1.96. The molecule has 1 fully saturated rings. The van der Waals surface area contributed by atoms with Crippen LogP contribution in [0.4, 0.5) is 8.78 Å². The van der Waals surface area contributed by atoms with Gasteiger partial charge in [-0.25, -0.2) is 8.78 Å². The van der Waals surface area contributed by atoms with Crippen LogP contribution in [0.2, 0.25) is 0 Å². The van der Waals surface area contributed by atoms with Crippen molar-refractivity contribution in [1.82, 2.24) is 0 Å². The van der Waals surface area contributed by atoms with Crippen LogP contribution >= 0.6 is 15.9 Å². The van der Waals surface area contributed by atoms with Crippen molar-refractivity contribution in [2.45, 2.75) is 18.3 Å². The number of hydrogen-bond acceptors (Lipinski definition) is 1. The minimum absolute atomic E-state index is 0.0586. The SMILES string of the molecule is O=C(O)C1(c2ccc(F)c(Br)c2F)CC1. The Morgan fingerprint density at radius 2 is 2.00 bits per heavy atom.